The van der Waals surface area contributed by atoms with Gasteiger partial charge in [0.25, 0.3) is 0 Å². The fraction of sp³-hybridized carbons (Fsp3) is 0.333. The molecular formula is C9H8N2O2S2. The van der Waals surface area contributed by atoms with Crippen LogP contribution in [0.25, 0.3) is 0 Å². The number of aromatic nitrogens is 1. The lowest BCUT2D eigenvalue weighted by Gasteiger charge is -2.15. The number of sulfone groups is 1. The summed E-state index contributed by atoms with van der Waals surface area (Å²) in [5.74, 6) is 0.153. The number of hydrogen-bond acceptors (Lipinski definition) is 4. The number of rotatable bonds is 0. The van der Waals surface area contributed by atoms with E-state index in [0.29, 0.717) is 22.2 Å². The van der Waals surface area contributed by atoms with Crippen LogP contribution in [-0.2, 0) is 22.0 Å². The number of aryl methyl sites for hydroxylation is 1. The summed E-state index contributed by atoms with van der Waals surface area (Å²) in [6.45, 7) is 0. The standard InChI is InChI=1S/C9H8N2O2S2/c10-4-6-3-7-5-15(12,13)2-1-8(7)11-9(6)14/h3H,1-2,5H2,(H,11,14). The number of pyridine rings is 1. The van der Waals surface area contributed by atoms with Crippen molar-refractivity contribution in [3.8, 4) is 6.07 Å². The molecular weight excluding hydrogens is 232 g/mol. The van der Waals surface area contributed by atoms with Gasteiger partial charge in [-0.2, -0.15) is 5.26 Å². The highest BCUT2D eigenvalue weighted by molar-refractivity contribution is 7.90. The third-order valence-electron chi connectivity index (χ3n) is 2.37. The smallest absolute Gasteiger partial charge is 0.154 e. The minimum atomic E-state index is -3.00. The summed E-state index contributed by atoms with van der Waals surface area (Å²) in [4.78, 5) is 2.91. The van der Waals surface area contributed by atoms with Gasteiger partial charge in [-0.05, 0) is 11.6 Å². The Morgan fingerprint density at radius 1 is 1.53 bits per heavy atom. The molecule has 0 saturated carbocycles. The van der Waals surface area contributed by atoms with E-state index in [-0.39, 0.29) is 11.5 Å². The normalized spacial score (nSPS) is 17.8. The van der Waals surface area contributed by atoms with Crippen molar-refractivity contribution in [2.75, 3.05) is 5.75 Å². The van der Waals surface area contributed by atoms with Gasteiger partial charge < -0.3 is 4.98 Å². The van der Waals surface area contributed by atoms with Crippen LogP contribution >= 0.6 is 12.2 Å². The summed E-state index contributed by atoms with van der Waals surface area (Å²) in [7, 11) is -3.00. The Morgan fingerprint density at radius 3 is 2.93 bits per heavy atom. The van der Waals surface area contributed by atoms with Crippen molar-refractivity contribution in [1.82, 2.24) is 4.98 Å². The van der Waals surface area contributed by atoms with E-state index in [4.69, 9.17) is 17.5 Å². The monoisotopic (exact) mass is 240 g/mol. The van der Waals surface area contributed by atoms with E-state index >= 15 is 0 Å². The van der Waals surface area contributed by atoms with E-state index in [9.17, 15) is 8.42 Å². The zero-order chi connectivity index (χ0) is 11.1. The first-order valence-corrected chi connectivity index (χ1v) is 6.60. The summed E-state index contributed by atoms with van der Waals surface area (Å²) in [6, 6.07) is 3.52. The van der Waals surface area contributed by atoms with Gasteiger partial charge in [-0.3, -0.25) is 0 Å². The molecule has 0 aromatic carbocycles. The van der Waals surface area contributed by atoms with Gasteiger partial charge in [0, 0.05) is 12.1 Å². The first kappa shape index (κ1) is 10.3. The van der Waals surface area contributed by atoms with Crippen molar-refractivity contribution in [2.24, 2.45) is 0 Å². The summed E-state index contributed by atoms with van der Waals surface area (Å²) < 4.78 is 23.1. The van der Waals surface area contributed by atoms with Gasteiger partial charge in [0.15, 0.2) is 9.84 Å². The number of fused-ring (bicyclic) bond motifs is 1. The molecule has 15 heavy (non-hydrogen) atoms. The number of H-pyrrole nitrogens is 1. The molecule has 0 bridgehead atoms. The Hall–Kier alpha value is -1.19. The topological polar surface area (TPSA) is 73.7 Å². The predicted molar refractivity (Wildman–Crippen MR) is 57.5 cm³/mol. The average Bonchev–Trinajstić information content (AvgIpc) is 2.17. The Labute approximate surface area is 92.5 Å². The maximum atomic E-state index is 11.4. The predicted octanol–water partition coefficient (Wildman–Crippen LogP) is 1.09. The van der Waals surface area contributed by atoms with Crippen LogP contribution in [0.2, 0.25) is 0 Å². The van der Waals surface area contributed by atoms with Crippen LogP contribution < -0.4 is 0 Å². The lowest BCUT2D eigenvalue weighted by molar-refractivity contribution is 0.590. The molecule has 6 heteroatoms. The van der Waals surface area contributed by atoms with Crippen LogP contribution in [-0.4, -0.2) is 19.2 Å². The highest BCUT2D eigenvalue weighted by atomic mass is 32.2. The Balaban J connectivity index is 2.62. The fourth-order valence-corrected chi connectivity index (χ4v) is 3.23. The molecule has 1 aliphatic heterocycles. The van der Waals surface area contributed by atoms with Gasteiger partial charge in [-0.15, -0.1) is 0 Å². The molecule has 0 spiro atoms. The highest BCUT2D eigenvalue weighted by Crippen LogP contribution is 2.20. The third-order valence-corrected chi connectivity index (χ3v) is 4.27. The Bertz CT molecular complexity index is 608. The molecule has 0 saturated heterocycles. The molecule has 0 amide bonds. The molecule has 78 valence electrons. The SMILES string of the molecule is N#Cc1cc2c([nH]c1=S)CCS(=O)(=O)C2. The van der Waals surface area contributed by atoms with Crippen molar-refractivity contribution >= 4 is 22.1 Å². The van der Waals surface area contributed by atoms with Crippen molar-refractivity contribution in [3.05, 3.63) is 27.5 Å². The summed E-state index contributed by atoms with van der Waals surface area (Å²) in [6.07, 6.45) is 0.451. The number of nitrogens with zero attached hydrogens (tertiary/aromatic N) is 1. The van der Waals surface area contributed by atoms with Gasteiger partial charge in [0.2, 0.25) is 0 Å². The van der Waals surface area contributed by atoms with Gasteiger partial charge in [0.05, 0.1) is 17.1 Å². The second kappa shape index (κ2) is 3.43. The highest BCUT2D eigenvalue weighted by Gasteiger charge is 2.22. The van der Waals surface area contributed by atoms with Crippen LogP contribution in [0, 0.1) is 16.0 Å². The minimum absolute atomic E-state index is 0.00310. The maximum absolute atomic E-state index is 11.4. The van der Waals surface area contributed by atoms with Crippen LogP contribution in [0.15, 0.2) is 6.07 Å². The van der Waals surface area contributed by atoms with E-state index in [1.165, 1.54) is 0 Å². The molecule has 0 unspecified atom stereocenters. The Kier molecular flexibility index (Phi) is 2.37. The average molecular weight is 240 g/mol. The fourth-order valence-electron chi connectivity index (χ4n) is 1.61. The largest absolute Gasteiger partial charge is 0.349 e. The number of aromatic amines is 1. The van der Waals surface area contributed by atoms with Gasteiger partial charge in [0.1, 0.15) is 10.7 Å². The molecule has 1 aliphatic rings. The zero-order valence-electron chi connectivity index (χ0n) is 7.78. The van der Waals surface area contributed by atoms with E-state index < -0.39 is 9.84 Å². The van der Waals surface area contributed by atoms with E-state index in [0.717, 1.165) is 5.69 Å². The summed E-state index contributed by atoms with van der Waals surface area (Å²) in [5.41, 5.74) is 1.85. The van der Waals surface area contributed by atoms with Crippen LogP contribution in [0.1, 0.15) is 16.8 Å². The lowest BCUT2D eigenvalue weighted by atomic mass is 10.1. The third kappa shape index (κ3) is 1.94. The number of nitrogens with one attached hydrogen (secondary N) is 1. The quantitative estimate of drug-likeness (QED) is 0.689. The molecule has 0 fully saturated rings. The second-order valence-electron chi connectivity index (χ2n) is 3.47. The van der Waals surface area contributed by atoms with Gasteiger partial charge in [-0.25, -0.2) is 8.42 Å². The molecule has 0 atom stereocenters. The summed E-state index contributed by atoms with van der Waals surface area (Å²) >= 11 is 4.97. The van der Waals surface area contributed by atoms with E-state index in [1.807, 2.05) is 6.07 Å². The molecule has 2 rings (SSSR count). The first-order chi connectivity index (χ1) is 7.02. The van der Waals surface area contributed by atoms with Crippen LogP contribution in [0.5, 0.6) is 0 Å². The molecule has 0 radical (unpaired) electrons. The van der Waals surface area contributed by atoms with Crippen LogP contribution in [0.4, 0.5) is 0 Å². The molecule has 0 aliphatic carbocycles. The molecule has 4 nitrogen and oxygen atoms in total. The van der Waals surface area contributed by atoms with Crippen molar-refractivity contribution < 1.29 is 8.42 Å². The second-order valence-corrected chi connectivity index (χ2v) is 6.06. The van der Waals surface area contributed by atoms with Crippen molar-refractivity contribution in [2.45, 2.75) is 12.2 Å². The lowest BCUT2D eigenvalue weighted by Crippen LogP contribution is -2.20. The number of hydrogen-bond donors (Lipinski definition) is 1. The zero-order valence-corrected chi connectivity index (χ0v) is 9.41. The van der Waals surface area contributed by atoms with E-state index in [1.54, 1.807) is 6.07 Å². The molecule has 1 aromatic heterocycles. The van der Waals surface area contributed by atoms with Gasteiger partial charge in [-0.1, -0.05) is 12.2 Å². The Morgan fingerprint density at radius 2 is 2.27 bits per heavy atom. The number of nitriles is 1. The maximum Gasteiger partial charge on any atom is 0.154 e. The molecule has 1 N–H and O–H groups in total. The van der Waals surface area contributed by atoms with Crippen molar-refractivity contribution in [3.63, 3.8) is 0 Å². The van der Waals surface area contributed by atoms with Crippen LogP contribution in [0.3, 0.4) is 0 Å². The minimum Gasteiger partial charge on any atom is -0.349 e. The van der Waals surface area contributed by atoms with Crippen molar-refractivity contribution in [1.29, 1.82) is 5.26 Å². The molecule has 1 aromatic rings. The first-order valence-electron chi connectivity index (χ1n) is 4.37. The van der Waals surface area contributed by atoms with Gasteiger partial charge >= 0.3 is 0 Å². The molecule has 2 heterocycles. The van der Waals surface area contributed by atoms with E-state index in [2.05, 4.69) is 4.98 Å². The summed E-state index contributed by atoms with van der Waals surface area (Å²) in [5, 5.41) is 8.76.